The van der Waals surface area contributed by atoms with Crippen molar-refractivity contribution in [1.82, 2.24) is 0 Å². The fraction of sp³-hybridized carbons (Fsp3) is 0.308. The summed E-state index contributed by atoms with van der Waals surface area (Å²) < 4.78 is 10.8. The quantitative estimate of drug-likeness (QED) is 0.674. The molecule has 3 rings (SSSR count). The van der Waals surface area contributed by atoms with Crippen LogP contribution in [0.15, 0.2) is 36.4 Å². The molecule has 1 aromatic carbocycles. The van der Waals surface area contributed by atoms with E-state index in [4.69, 9.17) is 9.47 Å². The topological polar surface area (TPSA) is 35.5 Å². The molecule has 0 aliphatic carbocycles. The van der Waals surface area contributed by atoms with Crippen LogP contribution in [0.2, 0.25) is 0 Å². The number of hydrogen-bond acceptors (Lipinski definition) is 3. The molecule has 1 spiro atoms. The van der Waals surface area contributed by atoms with Crippen LogP contribution in [0, 0.1) is 0 Å². The molecule has 82 valence electrons. The highest BCUT2D eigenvalue weighted by Gasteiger charge is 2.44. The van der Waals surface area contributed by atoms with Gasteiger partial charge in [0.2, 0.25) is 5.79 Å². The van der Waals surface area contributed by atoms with Crippen molar-refractivity contribution in [1.29, 1.82) is 0 Å². The second kappa shape index (κ2) is 3.46. The summed E-state index contributed by atoms with van der Waals surface area (Å²) in [6.45, 7) is 0.659. The van der Waals surface area contributed by atoms with E-state index >= 15 is 0 Å². The van der Waals surface area contributed by atoms with Gasteiger partial charge in [-0.2, -0.15) is 0 Å². The molecule has 3 nitrogen and oxygen atoms in total. The summed E-state index contributed by atoms with van der Waals surface area (Å²) in [6.07, 6.45) is 3.51. The maximum atomic E-state index is 11.8. The van der Waals surface area contributed by atoms with Crippen LogP contribution in [0.25, 0.3) is 5.57 Å². The first kappa shape index (κ1) is 9.60. The Bertz CT molecular complexity index is 442. The van der Waals surface area contributed by atoms with E-state index in [1.165, 1.54) is 0 Å². The van der Waals surface area contributed by atoms with E-state index in [9.17, 15) is 4.79 Å². The monoisotopic (exact) mass is 216 g/mol. The molecule has 1 fully saturated rings. The highest BCUT2D eigenvalue weighted by Crippen LogP contribution is 2.38. The van der Waals surface area contributed by atoms with Gasteiger partial charge in [-0.05, 0) is 12.0 Å². The summed E-state index contributed by atoms with van der Waals surface area (Å²) >= 11 is 0. The molecule has 0 N–H and O–H groups in total. The Hall–Kier alpha value is -1.61. The number of benzene rings is 1. The average Bonchev–Trinajstić information content (AvgIpc) is 2.88. The molecule has 0 radical (unpaired) electrons. The molecule has 0 amide bonds. The third-order valence-electron chi connectivity index (χ3n) is 2.95. The van der Waals surface area contributed by atoms with Gasteiger partial charge in [0.1, 0.15) is 0 Å². The molecule has 2 heterocycles. The van der Waals surface area contributed by atoms with Crippen molar-refractivity contribution in [2.75, 3.05) is 6.61 Å². The van der Waals surface area contributed by atoms with E-state index < -0.39 is 5.79 Å². The Labute approximate surface area is 93.7 Å². The van der Waals surface area contributed by atoms with Crippen LogP contribution in [-0.2, 0) is 14.3 Å². The van der Waals surface area contributed by atoms with Crippen LogP contribution < -0.4 is 0 Å². The molecule has 1 unspecified atom stereocenters. The van der Waals surface area contributed by atoms with Gasteiger partial charge in [0.25, 0.3) is 0 Å². The van der Waals surface area contributed by atoms with Crippen molar-refractivity contribution in [2.24, 2.45) is 0 Å². The van der Waals surface area contributed by atoms with E-state index in [-0.39, 0.29) is 5.97 Å². The summed E-state index contributed by atoms with van der Waals surface area (Å²) in [7, 11) is 0. The highest BCUT2D eigenvalue weighted by atomic mass is 16.7. The van der Waals surface area contributed by atoms with Crippen LogP contribution in [0.4, 0.5) is 0 Å². The lowest BCUT2D eigenvalue weighted by molar-refractivity contribution is -0.181. The number of carbonyl (C=O) groups is 1. The minimum atomic E-state index is -0.776. The standard InChI is InChI=1S/C13H12O3/c14-12-11(10-5-2-1-3-6-10)9-13(16-12)7-4-8-15-13/h1-3,5-6,9H,4,7-8H2. The molecule has 2 aliphatic heterocycles. The molecule has 0 bridgehead atoms. The largest absolute Gasteiger partial charge is 0.426 e. The van der Waals surface area contributed by atoms with Gasteiger partial charge in [-0.15, -0.1) is 0 Å². The summed E-state index contributed by atoms with van der Waals surface area (Å²) in [6, 6.07) is 9.54. The molecule has 1 aromatic rings. The lowest BCUT2D eigenvalue weighted by Gasteiger charge is -2.18. The lowest BCUT2D eigenvalue weighted by atomic mass is 10.0. The van der Waals surface area contributed by atoms with Gasteiger partial charge in [0.05, 0.1) is 12.2 Å². The van der Waals surface area contributed by atoms with Gasteiger partial charge in [-0.3, -0.25) is 0 Å². The number of hydrogen-bond donors (Lipinski definition) is 0. The van der Waals surface area contributed by atoms with Gasteiger partial charge >= 0.3 is 5.97 Å². The van der Waals surface area contributed by atoms with E-state index in [2.05, 4.69) is 0 Å². The summed E-state index contributed by atoms with van der Waals surface area (Å²) in [5, 5.41) is 0. The molecular formula is C13H12O3. The smallest absolute Gasteiger partial charge is 0.341 e. The van der Waals surface area contributed by atoms with Gasteiger partial charge in [0, 0.05) is 12.5 Å². The van der Waals surface area contributed by atoms with Crippen molar-refractivity contribution in [2.45, 2.75) is 18.6 Å². The van der Waals surface area contributed by atoms with Crippen molar-refractivity contribution in [3.63, 3.8) is 0 Å². The van der Waals surface area contributed by atoms with Crippen LogP contribution in [0.3, 0.4) is 0 Å². The zero-order chi connectivity index (χ0) is 11.0. The number of rotatable bonds is 1. The van der Waals surface area contributed by atoms with Crippen molar-refractivity contribution in [3.05, 3.63) is 42.0 Å². The Morgan fingerprint density at radius 3 is 2.69 bits per heavy atom. The second-order valence-corrected chi connectivity index (χ2v) is 4.08. The average molecular weight is 216 g/mol. The molecule has 2 aliphatic rings. The maximum absolute atomic E-state index is 11.8. The molecule has 16 heavy (non-hydrogen) atoms. The first-order valence-electron chi connectivity index (χ1n) is 5.45. The summed E-state index contributed by atoms with van der Waals surface area (Å²) in [4.78, 5) is 11.8. The minimum absolute atomic E-state index is 0.284. The zero-order valence-electron chi connectivity index (χ0n) is 8.81. The van der Waals surface area contributed by atoms with E-state index in [1.54, 1.807) is 0 Å². The van der Waals surface area contributed by atoms with Crippen LogP contribution in [0.1, 0.15) is 18.4 Å². The molecule has 0 aromatic heterocycles. The van der Waals surface area contributed by atoms with Crippen LogP contribution in [0.5, 0.6) is 0 Å². The van der Waals surface area contributed by atoms with Gasteiger partial charge in [-0.25, -0.2) is 4.79 Å². The highest BCUT2D eigenvalue weighted by molar-refractivity contribution is 6.18. The molecule has 1 atom stereocenters. The Morgan fingerprint density at radius 1 is 1.19 bits per heavy atom. The van der Waals surface area contributed by atoms with E-state index in [0.29, 0.717) is 12.2 Å². The Morgan fingerprint density at radius 2 is 2.00 bits per heavy atom. The zero-order valence-corrected chi connectivity index (χ0v) is 8.81. The van der Waals surface area contributed by atoms with Crippen molar-refractivity contribution < 1.29 is 14.3 Å². The Balaban J connectivity index is 1.99. The molecular weight excluding hydrogens is 204 g/mol. The number of esters is 1. The van der Waals surface area contributed by atoms with Gasteiger partial charge in [0.15, 0.2) is 0 Å². The third kappa shape index (κ3) is 1.44. The molecule has 1 saturated heterocycles. The molecule has 3 heteroatoms. The minimum Gasteiger partial charge on any atom is -0.426 e. The summed E-state index contributed by atoms with van der Waals surface area (Å²) in [5.41, 5.74) is 1.50. The SMILES string of the molecule is O=C1OC2(C=C1c1ccccc1)CCCO2. The first-order chi connectivity index (χ1) is 7.79. The normalized spacial score (nSPS) is 28.2. The fourth-order valence-corrected chi connectivity index (χ4v) is 2.17. The first-order valence-corrected chi connectivity index (χ1v) is 5.45. The summed E-state index contributed by atoms with van der Waals surface area (Å²) in [5.74, 6) is -1.06. The van der Waals surface area contributed by atoms with Gasteiger partial charge in [-0.1, -0.05) is 30.3 Å². The fourth-order valence-electron chi connectivity index (χ4n) is 2.17. The third-order valence-corrected chi connectivity index (χ3v) is 2.95. The predicted molar refractivity (Wildman–Crippen MR) is 58.4 cm³/mol. The second-order valence-electron chi connectivity index (χ2n) is 4.08. The van der Waals surface area contributed by atoms with E-state index in [1.807, 2.05) is 36.4 Å². The molecule has 0 saturated carbocycles. The Kier molecular flexibility index (Phi) is 2.07. The van der Waals surface area contributed by atoms with Crippen LogP contribution in [-0.4, -0.2) is 18.4 Å². The van der Waals surface area contributed by atoms with Gasteiger partial charge < -0.3 is 9.47 Å². The number of ether oxygens (including phenoxy) is 2. The lowest BCUT2D eigenvalue weighted by Crippen LogP contribution is -2.26. The van der Waals surface area contributed by atoms with Crippen molar-refractivity contribution in [3.8, 4) is 0 Å². The van der Waals surface area contributed by atoms with Crippen molar-refractivity contribution >= 4 is 11.5 Å². The number of carbonyl (C=O) groups excluding carboxylic acids is 1. The van der Waals surface area contributed by atoms with Crippen LogP contribution >= 0.6 is 0 Å². The predicted octanol–water partition coefficient (Wildman–Crippen LogP) is 2.13. The maximum Gasteiger partial charge on any atom is 0.341 e. The van der Waals surface area contributed by atoms with E-state index in [0.717, 1.165) is 18.4 Å².